The molecule has 1 aromatic heterocycles. The molecule has 1 aliphatic rings. The van der Waals surface area contributed by atoms with Crippen LogP contribution in [0.1, 0.15) is 24.8 Å². The smallest absolute Gasteiger partial charge is 0.227 e. The summed E-state index contributed by atoms with van der Waals surface area (Å²) >= 11 is 0. The van der Waals surface area contributed by atoms with Gasteiger partial charge in [-0.25, -0.2) is 4.39 Å². The molecule has 1 saturated heterocycles. The predicted octanol–water partition coefficient (Wildman–Crippen LogP) is 5.78. The van der Waals surface area contributed by atoms with Gasteiger partial charge in [0.25, 0.3) is 0 Å². The van der Waals surface area contributed by atoms with Gasteiger partial charge in [0.1, 0.15) is 5.82 Å². The molecule has 0 unspecified atom stereocenters. The van der Waals surface area contributed by atoms with Gasteiger partial charge in [0.15, 0.2) is 0 Å². The van der Waals surface area contributed by atoms with Crippen LogP contribution in [0.25, 0.3) is 22.2 Å². The molecule has 0 aliphatic carbocycles. The summed E-state index contributed by atoms with van der Waals surface area (Å²) in [5.74, 6) is -0.312. The summed E-state index contributed by atoms with van der Waals surface area (Å²) in [5, 5.41) is 3.78. The first-order valence-corrected chi connectivity index (χ1v) is 12.1. The predicted molar refractivity (Wildman–Crippen MR) is 136 cm³/mol. The number of H-pyrrole nitrogens is 1. The number of carbonyl (C=O) groups excluding carboxylic acids is 2. The zero-order chi connectivity index (χ0) is 24.2. The van der Waals surface area contributed by atoms with E-state index >= 15 is 0 Å². The summed E-state index contributed by atoms with van der Waals surface area (Å²) in [6.07, 6.45) is 2.15. The number of amides is 2. The van der Waals surface area contributed by atoms with Crippen LogP contribution in [-0.2, 0) is 16.0 Å². The molecule has 0 saturated carbocycles. The molecule has 3 aromatic carbocycles. The number of carbonyl (C=O) groups is 2. The van der Waals surface area contributed by atoms with E-state index in [1.54, 1.807) is 6.07 Å². The molecule has 1 fully saturated rings. The SMILES string of the molecule is O=C(Nc1ccccc1)C1CCN(C(=O)CCc2c(-c3ccccc3)[nH]c3ccc(F)cc23)CC1. The Labute approximate surface area is 204 Å². The number of hydrogen-bond acceptors (Lipinski definition) is 2. The molecule has 0 atom stereocenters. The molecule has 2 amide bonds. The molecule has 1 aliphatic heterocycles. The number of hydrogen-bond donors (Lipinski definition) is 2. The summed E-state index contributed by atoms with van der Waals surface area (Å²) in [5.41, 5.74) is 4.54. The monoisotopic (exact) mass is 469 g/mol. The summed E-state index contributed by atoms with van der Waals surface area (Å²) in [6, 6.07) is 24.1. The van der Waals surface area contributed by atoms with Gasteiger partial charge >= 0.3 is 0 Å². The minimum atomic E-state index is -0.292. The lowest BCUT2D eigenvalue weighted by Crippen LogP contribution is -2.41. The van der Waals surface area contributed by atoms with Gasteiger partial charge in [-0.3, -0.25) is 9.59 Å². The van der Waals surface area contributed by atoms with E-state index in [1.165, 1.54) is 12.1 Å². The normalized spacial score (nSPS) is 14.3. The third kappa shape index (κ3) is 5.11. The number of fused-ring (bicyclic) bond motifs is 1. The Hall–Kier alpha value is -3.93. The first-order chi connectivity index (χ1) is 17.1. The number of aryl methyl sites for hydroxylation is 1. The molecular weight excluding hydrogens is 441 g/mol. The van der Waals surface area contributed by atoms with Crippen molar-refractivity contribution in [3.05, 3.63) is 90.2 Å². The molecule has 5 rings (SSSR count). The number of anilines is 1. The van der Waals surface area contributed by atoms with Gasteiger partial charge < -0.3 is 15.2 Å². The van der Waals surface area contributed by atoms with Crippen molar-refractivity contribution in [2.75, 3.05) is 18.4 Å². The lowest BCUT2D eigenvalue weighted by molar-refractivity contribution is -0.134. The summed E-state index contributed by atoms with van der Waals surface area (Å²) in [6.45, 7) is 1.14. The Morgan fingerprint density at radius 3 is 2.34 bits per heavy atom. The van der Waals surface area contributed by atoms with Crippen molar-refractivity contribution in [3.8, 4) is 11.3 Å². The average molecular weight is 470 g/mol. The van der Waals surface area contributed by atoms with Crippen molar-refractivity contribution in [2.45, 2.75) is 25.7 Å². The Balaban J connectivity index is 1.23. The van der Waals surface area contributed by atoms with E-state index in [9.17, 15) is 14.0 Å². The summed E-state index contributed by atoms with van der Waals surface area (Å²) in [4.78, 5) is 30.9. The van der Waals surface area contributed by atoms with E-state index in [0.29, 0.717) is 38.8 Å². The quantitative estimate of drug-likeness (QED) is 0.376. The second kappa shape index (κ2) is 10.1. The molecule has 4 aromatic rings. The van der Waals surface area contributed by atoms with E-state index in [0.717, 1.165) is 33.4 Å². The first kappa shape index (κ1) is 22.8. The van der Waals surface area contributed by atoms with Crippen molar-refractivity contribution in [1.29, 1.82) is 0 Å². The maximum absolute atomic E-state index is 14.0. The third-order valence-electron chi connectivity index (χ3n) is 6.78. The van der Waals surface area contributed by atoms with Crippen LogP contribution in [-0.4, -0.2) is 34.8 Å². The number of nitrogens with one attached hydrogen (secondary N) is 2. The van der Waals surface area contributed by atoms with Crippen LogP contribution < -0.4 is 5.32 Å². The Bertz CT molecular complexity index is 1330. The van der Waals surface area contributed by atoms with Gasteiger partial charge in [-0.1, -0.05) is 48.5 Å². The number of halogens is 1. The number of piperidine rings is 1. The standard InChI is InChI=1S/C29H28FN3O2/c30-22-11-13-26-25(19-22)24(28(32-26)20-7-3-1-4-8-20)12-14-27(34)33-17-15-21(16-18-33)29(35)31-23-9-5-2-6-10-23/h1-11,13,19,21,32H,12,14-18H2,(H,31,35). The average Bonchev–Trinajstić information content (AvgIpc) is 3.26. The van der Waals surface area contributed by atoms with E-state index in [1.807, 2.05) is 65.6 Å². The maximum atomic E-state index is 14.0. The maximum Gasteiger partial charge on any atom is 0.227 e. The van der Waals surface area contributed by atoms with Crippen LogP contribution in [0.4, 0.5) is 10.1 Å². The molecule has 0 radical (unpaired) electrons. The molecule has 178 valence electrons. The second-order valence-corrected chi connectivity index (χ2v) is 9.04. The van der Waals surface area contributed by atoms with E-state index in [2.05, 4.69) is 10.3 Å². The number of benzene rings is 3. The van der Waals surface area contributed by atoms with Crippen LogP contribution in [0.15, 0.2) is 78.9 Å². The molecule has 2 N–H and O–H groups in total. The largest absolute Gasteiger partial charge is 0.354 e. The number of aromatic nitrogens is 1. The lowest BCUT2D eigenvalue weighted by atomic mass is 9.95. The van der Waals surface area contributed by atoms with Crippen LogP contribution in [0, 0.1) is 11.7 Å². The van der Waals surface area contributed by atoms with Crippen LogP contribution in [0.2, 0.25) is 0 Å². The van der Waals surface area contributed by atoms with E-state index < -0.39 is 0 Å². The van der Waals surface area contributed by atoms with Gasteiger partial charge in [-0.2, -0.15) is 0 Å². The zero-order valence-corrected chi connectivity index (χ0v) is 19.5. The number of para-hydroxylation sites is 1. The highest BCUT2D eigenvalue weighted by molar-refractivity contribution is 5.93. The molecule has 0 bridgehead atoms. The van der Waals surface area contributed by atoms with Gasteiger partial charge in [0, 0.05) is 47.7 Å². The topological polar surface area (TPSA) is 65.2 Å². The first-order valence-electron chi connectivity index (χ1n) is 12.1. The van der Waals surface area contributed by atoms with Crippen molar-refractivity contribution in [1.82, 2.24) is 9.88 Å². The minimum absolute atomic E-state index is 0.0108. The van der Waals surface area contributed by atoms with Crippen LogP contribution >= 0.6 is 0 Å². The second-order valence-electron chi connectivity index (χ2n) is 9.04. The molecule has 2 heterocycles. The van der Waals surface area contributed by atoms with Crippen molar-refractivity contribution < 1.29 is 14.0 Å². The van der Waals surface area contributed by atoms with Gasteiger partial charge in [-0.05, 0) is 60.7 Å². The van der Waals surface area contributed by atoms with E-state index in [-0.39, 0.29) is 23.5 Å². The molecule has 35 heavy (non-hydrogen) atoms. The van der Waals surface area contributed by atoms with Gasteiger partial charge in [0.05, 0.1) is 0 Å². The van der Waals surface area contributed by atoms with Gasteiger partial charge in [-0.15, -0.1) is 0 Å². The van der Waals surface area contributed by atoms with Gasteiger partial charge in [0.2, 0.25) is 11.8 Å². The fourth-order valence-corrected chi connectivity index (χ4v) is 4.88. The molecule has 5 nitrogen and oxygen atoms in total. The van der Waals surface area contributed by atoms with Crippen molar-refractivity contribution in [3.63, 3.8) is 0 Å². The molecule has 6 heteroatoms. The highest BCUT2D eigenvalue weighted by Crippen LogP contribution is 2.32. The number of aromatic amines is 1. The molecule has 0 spiro atoms. The highest BCUT2D eigenvalue weighted by Gasteiger charge is 2.27. The molecular formula is C29H28FN3O2. The minimum Gasteiger partial charge on any atom is -0.354 e. The Kier molecular flexibility index (Phi) is 6.62. The summed E-state index contributed by atoms with van der Waals surface area (Å²) < 4.78 is 14.0. The fraction of sp³-hybridized carbons (Fsp3) is 0.241. The Morgan fingerprint density at radius 2 is 1.63 bits per heavy atom. The number of likely N-dealkylation sites (tertiary alicyclic amines) is 1. The lowest BCUT2D eigenvalue weighted by Gasteiger charge is -2.31. The fourth-order valence-electron chi connectivity index (χ4n) is 4.88. The number of rotatable bonds is 6. The summed E-state index contributed by atoms with van der Waals surface area (Å²) in [7, 11) is 0. The van der Waals surface area contributed by atoms with E-state index in [4.69, 9.17) is 0 Å². The number of nitrogens with zero attached hydrogens (tertiary/aromatic N) is 1. The third-order valence-corrected chi connectivity index (χ3v) is 6.78. The van der Waals surface area contributed by atoms with Crippen molar-refractivity contribution in [2.24, 2.45) is 5.92 Å². The Morgan fingerprint density at radius 1 is 0.943 bits per heavy atom. The van der Waals surface area contributed by atoms with Crippen molar-refractivity contribution >= 4 is 28.4 Å². The van der Waals surface area contributed by atoms with Crippen LogP contribution in [0.5, 0.6) is 0 Å². The van der Waals surface area contributed by atoms with Crippen LogP contribution in [0.3, 0.4) is 0 Å². The zero-order valence-electron chi connectivity index (χ0n) is 19.5. The highest BCUT2D eigenvalue weighted by atomic mass is 19.1.